The van der Waals surface area contributed by atoms with Crippen LogP contribution < -0.4 is 11.1 Å². The Bertz CT molecular complexity index is 407. The first-order chi connectivity index (χ1) is 8.77. The molecule has 1 atom stereocenters. The van der Waals surface area contributed by atoms with Crippen LogP contribution in [0.15, 0.2) is 24.3 Å². The molecule has 0 spiro atoms. The summed E-state index contributed by atoms with van der Waals surface area (Å²) in [5, 5.41) is 3.32. The number of fused-ring (bicyclic) bond motifs is 1. The Balaban J connectivity index is 1.79. The number of nitrogens with two attached hydrogens (primary N) is 1. The monoisotopic (exact) mass is 248 g/mol. The maximum absolute atomic E-state index is 10.4. The number of nitrogens with one attached hydrogen (secondary N) is 1. The maximum Gasteiger partial charge on any atom is 0.404 e. The Morgan fingerprint density at radius 1 is 1.44 bits per heavy atom. The molecule has 0 heterocycles. The van der Waals surface area contributed by atoms with Gasteiger partial charge in [0, 0.05) is 13.1 Å². The lowest BCUT2D eigenvalue weighted by molar-refractivity contribution is 0.157. The molecule has 2 rings (SSSR count). The van der Waals surface area contributed by atoms with Gasteiger partial charge in [-0.3, -0.25) is 0 Å². The zero-order chi connectivity index (χ0) is 12.8. The molecule has 0 fully saturated rings. The highest BCUT2D eigenvalue weighted by atomic mass is 16.5. The lowest BCUT2D eigenvalue weighted by Crippen LogP contribution is -2.28. The molecule has 3 N–H and O–H groups in total. The van der Waals surface area contributed by atoms with Crippen LogP contribution in [0.4, 0.5) is 4.79 Å². The summed E-state index contributed by atoms with van der Waals surface area (Å²) < 4.78 is 4.68. The third-order valence-electron chi connectivity index (χ3n) is 3.41. The fourth-order valence-electron chi connectivity index (χ4n) is 2.57. The van der Waals surface area contributed by atoms with Gasteiger partial charge in [0.1, 0.15) is 6.61 Å². The Morgan fingerprint density at radius 3 is 3.11 bits per heavy atom. The summed E-state index contributed by atoms with van der Waals surface area (Å²) in [4.78, 5) is 10.4. The van der Waals surface area contributed by atoms with Crippen molar-refractivity contribution in [2.24, 2.45) is 5.73 Å². The van der Waals surface area contributed by atoms with E-state index in [9.17, 15) is 4.79 Å². The minimum absolute atomic E-state index is 0.337. The van der Waals surface area contributed by atoms with E-state index >= 15 is 0 Å². The molecule has 1 unspecified atom stereocenters. The molecule has 98 valence electrons. The van der Waals surface area contributed by atoms with E-state index in [1.807, 2.05) is 0 Å². The second-order valence-electron chi connectivity index (χ2n) is 4.66. The molecule has 0 bridgehead atoms. The molecule has 4 nitrogen and oxygen atoms in total. The number of benzene rings is 1. The van der Waals surface area contributed by atoms with Gasteiger partial charge in [-0.2, -0.15) is 0 Å². The second-order valence-corrected chi connectivity index (χ2v) is 4.66. The molecule has 4 heteroatoms. The number of hydrogen-bond donors (Lipinski definition) is 2. The number of ether oxygens (including phenoxy) is 1. The molecule has 0 radical (unpaired) electrons. The SMILES string of the molecule is NC(=O)OCCNCC1CCCc2ccccc21. The average molecular weight is 248 g/mol. The highest BCUT2D eigenvalue weighted by molar-refractivity contribution is 5.64. The van der Waals surface area contributed by atoms with Gasteiger partial charge >= 0.3 is 6.09 Å². The van der Waals surface area contributed by atoms with Crippen LogP contribution in [-0.4, -0.2) is 25.8 Å². The van der Waals surface area contributed by atoms with Crippen LogP contribution in [0.1, 0.15) is 29.9 Å². The Labute approximate surface area is 108 Å². The first-order valence-electron chi connectivity index (χ1n) is 6.48. The largest absolute Gasteiger partial charge is 0.448 e. The Kier molecular flexibility index (Phi) is 4.59. The molecule has 0 aromatic heterocycles. The minimum atomic E-state index is -0.709. The van der Waals surface area contributed by atoms with E-state index in [2.05, 4.69) is 34.3 Å². The van der Waals surface area contributed by atoms with E-state index in [1.54, 1.807) is 0 Å². The van der Waals surface area contributed by atoms with Crippen LogP contribution in [-0.2, 0) is 11.2 Å². The average Bonchev–Trinajstić information content (AvgIpc) is 2.38. The van der Waals surface area contributed by atoms with Gasteiger partial charge in [-0.25, -0.2) is 4.79 Å². The first kappa shape index (κ1) is 12.9. The van der Waals surface area contributed by atoms with Crippen LogP contribution in [0.3, 0.4) is 0 Å². The Morgan fingerprint density at radius 2 is 2.28 bits per heavy atom. The first-order valence-corrected chi connectivity index (χ1v) is 6.48. The van der Waals surface area contributed by atoms with Gasteiger partial charge < -0.3 is 15.8 Å². The molecule has 1 amide bonds. The van der Waals surface area contributed by atoms with E-state index in [0.29, 0.717) is 19.1 Å². The van der Waals surface area contributed by atoms with Gasteiger partial charge in [-0.05, 0) is 36.3 Å². The molecule has 0 saturated carbocycles. The zero-order valence-electron chi connectivity index (χ0n) is 10.5. The highest BCUT2D eigenvalue weighted by Gasteiger charge is 2.18. The smallest absolute Gasteiger partial charge is 0.404 e. The van der Waals surface area contributed by atoms with Crippen LogP contribution >= 0.6 is 0 Å². The number of rotatable bonds is 5. The molecule has 0 saturated heterocycles. The number of primary amides is 1. The van der Waals surface area contributed by atoms with Gasteiger partial charge in [0.15, 0.2) is 0 Å². The summed E-state index contributed by atoms with van der Waals surface area (Å²) in [5.74, 6) is 0.573. The van der Waals surface area contributed by atoms with E-state index in [0.717, 1.165) is 6.54 Å². The predicted molar refractivity (Wildman–Crippen MR) is 70.5 cm³/mol. The molecule has 1 aliphatic carbocycles. The predicted octanol–water partition coefficient (Wildman–Crippen LogP) is 1.79. The summed E-state index contributed by atoms with van der Waals surface area (Å²) in [6, 6.07) is 8.65. The van der Waals surface area contributed by atoms with Gasteiger partial charge in [0.05, 0.1) is 0 Å². The van der Waals surface area contributed by atoms with Gasteiger partial charge in [0.2, 0.25) is 0 Å². The number of carbonyl (C=O) groups is 1. The summed E-state index contributed by atoms with van der Waals surface area (Å²) >= 11 is 0. The van der Waals surface area contributed by atoms with Gasteiger partial charge in [-0.15, -0.1) is 0 Å². The normalized spacial score (nSPS) is 18.1. The van der Waals surface area contributed by atoms with Crippen molar-refractivity contribution in [3.05, 3.63) is 35.4 Å². The molecular weight excluding hydrogens is 228 g/mol. The van der Waals surface area contributed by atoms with Gasteiger partial charge in [-0.1, -0.05) is 24.3 Å². The third-order valence-corrected chi connectivity index (χ3v) is 3.41. The summed E-state index contributed by atoms with van der Waals surface area (Å²) in [6.07, 6.45) is 2.96. The van der Waals surface area contributed by atoms with Crippen molar-refractivity contribution in [1.82, 2.24) is 5.32 Å². The van der Waals surface area contributed by atoms with Crippen molar-refractivity contribution < 1.29 is 9.53 Å². The Hall–Kier alpha value is -1.55. The van der Waals surface area contributed by atoms with Crippen molar-refractivity contribution in [3.63, 3.8) is 0 Å². The van der Waals surface area contributed by atoms with Crippen molar-refractivity contribution in [3.8, 4) is 0 Å². The number of amides is 1. The standard InChI is InChI=1S/C14H20N2O2/c15-14(17)18-9-8-16-10-12-6-3-5-11-4-1-2-7-13(11)12/h1-2,4,7,12,16H,3,5-6,8-10H2,(H2,15,17). The molecule has 1 aliphatic rings. The molecule has 18 heavy (non-hydrogen) atoms. The summed E-state index contributed by atoms with van der Waals surface area (Å²) in [5.41, 5.74) is 7.83. The molecule has 1 aromatic rings. The maximum atomic E-state index is 10.4. The van der Waals surface area contributed by atoms with Crippen LogP contribution in [0.5, 0.6) is 0 Å². The van der Waals surface area contributed by atoms with Crippen LogP contribution in [0, 0.1) is 0 Å². The fourth-order valence-corrected chi connectivity index (χ4v) is 2.57. The fraction of sp³-hybridized carbons (Fsp3) is 0.500. The molecular formula is C14H20N2O2. The van der Waals surface area contributed by atoms with E-state index in [4.69, 9.17) is 5.73 Å². The van der Waals surface area contributed by atoms with Crippen molar-refractivity contribution >= 4 is 6.09 Å². The quantitative estimate of drug-likeness (QED) is 0.781. The van der Waals surface area contributed by atoms with Gasteiger partial charge in [0.25, 0.3) is 0 Å². The molecule has 0 aliphatic heterocycles. The topological polar surface area (TPSA) is 64.4 Å². The highest BCUT2D eigenvalue weighted by Crippen LogP contribution is 2.30. The van der Waals surface area contributed by atoms with Crippen molar-refractivity contribution in [1.29, 1.82) is 0 Å². The minimum Gasteiger partial charge on any atom is -0.448 e. The summed E-state index contributed by atoms with van der Waals surface area (Å²) in [7, 11) is 0. The lowest BCUT2D eigenvalue weighted by Gasteiger charge is -2.25. The summed E-state index contributed by atoms with van der Waals surface area (Å²) in [6.45, 7) is 1.92. The zero-order valence-corrected chi connectivity index (χ0v) is 10.5. The molecule has 1 aromatic carbocycles. The van der Waals surface area contributed by atoms with Crippen LogP contribution in [0.25, 0.3) is 0 Å². The second kappa shape index (κ2) is 6.40. The van der Waals surface area contributed by atoms with Crippen molar-refractivity contribution in [2.75, 3.05) is 19.7 Å². The third kappa shape index (κ3) is 3.47. The van der Waals surface area contributed by atoms with Crippen LogP contribution in [0.2, 0.25) is 0 Å². The lowest BCUT2D eigenvalue weighted by atomic mass is 9.83. The van der Waals surface area contributed by atoms with Crippen molar-refractivity contribution in [2.45, 2.75) is 25.2 Å². The van der Waals surface area contributed by atoms with E-state index in [-0.39, 0.29) is 0 Å². The van der Waals surface area contributed by atoms with E-state index < -0.39 is 6.09 Å². The number of hydrogen-bond acceptors (Lipinski definition) is 3. The van der Waals surface area contributed by atoms with E-state index in [1.165, 1.54) is 30.4 Å². The number of carbonyl (C=O) groups excluding carboxylic acids is 1. The number of aryl methyl sites for hydroxylation is 1.